The van der Waals surface area contributed by atoms with Gasteiger partial charge in [0.2, 0.25) is 0 Å². The van der Waals surface area contributed by atoms with Gasteiger partial charge in [-0.05, 0) is 31.1 Å². The molecule has 0 aromatic carbocycles. The van der Waals surface area contributed by atoms with E-state index in [2.05, 4.69) is 31.0 Å². The van der Waals surface area contributed by atoms with Crippen molar-refractivity contribution in [2.75, 3.05) is 32.8 Å². The highest BCUT2D eigenvalue weighted by atomic mass is 16.5. The Kier molecular flexibility index (Phi) is 6.79. The van der Waals surface area contributed by atoms with Crippen LogP contribution in [0, 0.1) is 11.8 Å². The highest BCUT2D eigenvalue weighted by Crippen LogP contribution is 2.28. The summed E-state index contributed by atoms with van der Waals surface area (Å²) in [7, 11) is 0. The lowest BCUT2D eigenvalue weighted by Gasteiger charge is -2.36. The number of nitrogens with one attached hydrogen (secondary N) is 1. The second-order valence-electron chi connectivity index (χ2n) is 7.05. The zero-order valence-electron chi connectivity index (χ0n) is 13.7. The van der Waals surface area contributed by atoms with Crippen molar-refractivity contribution in [2.45, 2.75) is 65.0 Å². The molecule has 118 valence electrons. The van der Waals surface area contributed by atoms with Gasteiger partial charge in [0.25, 0.3) is 0 Å². The van der Waals surface area contributed by atoms with Crippen molar-refractivity contribution in [1.82, 2.24) is 10.2 Å². The van der Waals surface area contributed by atoms with Gasteiger partial charge in [-0.15, -0.1) is 0 Å². The van der Waals surface area contributed by atoms with Gasteiger partial charge in [-0.25, -0.2) is 0 Å². The molecule has 1 aliphatic carbocycles. The van der Waals surface area contributed by atoms with Gasteiger partial charge in [-0.1, -0.05) is 33.6 Å². The van der Waals surface area contributed by atoms with E-state index in [4.69, 9.17) is 4.74 Å². The first-order valence-electron chi connectivity index (χ1n) is 8.75. The third-order valence-electron chi connectivity index (χ3n) is 5.10. The first-order valence-corrected chi connectivity index (χ1v) is 8.75. The van der Waals surface area contributed by atoms with Crippen LogP contribution in [0.3, 0.4) is 0 Å². The van der Waals surface area contributed by atoms with Gasteiger partial charge < -0.3 is 10.1 Å². The van der Waals surface area contributed by atoms with Crippen molar-refractivity contribution < 1.29 is 4.74 Å². The maximum Gasteiger partial charge on any atom is 0.0594 e. The summed E-state index contributed by atoms with van der Waals surface area (Å²) in [6, 6.07) is 1.47. The van der Waals surface area contributed by atoms with Crippen LogP contribution >= 0.6 is 0 Å². The van der Waals surface area contributed by atoms with Gasteiger partial charge in [-0.3, -0.25) is 4.90 Å². The zero-order chi connectivity index (χ0) is 14.4. The molecule has 20 heavy (non-hydrogen) atoms. The predicted molar refractivity (Wildman–Crippen MR) is 85.1 cm³/mol. The fourth-order valence-corrected chi connectivity index (χ4v) is 3.93. The topological polar surface area (TPSA) is 24.5 Å². The molecule has 1 heterocycles. The second kappa shape index (κ2) is 8.35. The molecule has 2 rings (SSSR count). The van der Waals surface area contributed by atoms with Crippen molar-refractivity contribution in [3.05, 3.63) is 0 Å². The Morgan fingerprint density at radius 2 is 1.95 bits per heavy atom. The quantitative estimate of drug-likeness (QED) is 0.777. The fraction of sp³-hybridized carbons (Fsp3) is 1.00. The van der Waals surface area contributed by atoms with Crippen molar-refractivity contribution in [2.24, 2.45) is 11.8 Å². The Bertz CT molecular complexity index is 264. The van der Waals surface area contributed by atoms with Crippen LogP contribution in [-0.4, -0.2) is 49.8 Å². The Hall–Kier alpha value is -0.120. The Labute approximate surface area is 125 Å². The molecule has 2 fully saturated rings. The van der Waals surface area contributed by atoms with Crippen molar-refractivity contribution in [3.8, 4) is 0 Å². The molecule has 0 aromatic rings. The van der Waals surface area contributed by atoms with Crippen LogP contribution in [0.15, 0.2) is 0 Å². The molecule has 3 heteroatoms. The van der Waals surface area contributed by atoms with Crippen LogP contribution in [0.4, 0.5) is 0 Å². The molecule has 0 aromatic heterocycles. The SMILES string of the molecule is CCC1CCCC1NCC(CC(C)C)N1CCOCC1. The normalized spacial score (nSPS) is 30.0. The Balaban J connectivity index is 1.83. The number of nitrogens with zero attached hydrogens (tertiary/aromatic N) is 1. The molecule has 3 nitrogen and oxygen atoms in total. The summed E-state index contributed by atoms with van der Waals surface area (Å²) in [6.45, 7) is 12.3. The number of morpholine rings is 1. The first-order chi connectivity index (χ1) is 9.70. The van der Waals surface area contributed by atoms with Crippen LogP contribution in [0.2, 0.25) is 0 Å². The summed E-state index contributed by atoms with van der Waals surface area (Å²) < 4.78 is 5.51. The van der Waals surface area contributed by atoms with Crippen LogP contribution in [0.1, 0.15) is 52.9 Å². The van der Waals surface area contributed by atoms with Gasteiger partial charge >= 0.3 is 0 Å². The highest BCUT2D eigenvalue weighted by Gasteiger charge is 2.28. The number of rotatable bonds is 7. The number of ether oxygens (including phenoxy) is 1. The van der Waals surface area contributed by atoms with Gasteiger partial charge in [-0.2, -0.15) is 0 Å². The van der Waals surface area contributed by atoms with Gasteiger partial charge in [0.1, 0.15) is 0 Å². The summed E-state index contributed by atoms with van der Waals surface area (Å²) >= 11 is 0. The standard InChI is InChI=1S/C17H34N2O/c1-4-15-6-5-7-17(15)18-13-16(12-14(2)3)19-8-10-20-11-9-19/h14-18H,4-13H2,1-3H3. The van der Waals surface area contributed by atoms with E-state index in [9.17, 15) is 0 Å². The fourth-order valence-electron chi connectivity index (χ4n) is 3.93. The lowest BCUT2D eigenvalue weighted by Crippen LogP contribution is -2.50. The second-order valence-corrected chi connectivity index (χ2v) is 7.05. The predicted octanol–water partition coefficient (Wildman–Crippen LogP) is 2.90. The molecule has 2 aliphatic rings. The van der Waals surface area contributed by atoms with Crippen LogP contribution in [-0.2, 0) is 4.74 Å². The van der Waals surface area contributed by atoms with E-state index in [0.29, 0.717) is 6.04 Å². The van der Waals surface area contributed by atoms with E-state index in [1.807, 2.05) is 0 Å². The van der Waals surface area contributed by atoms with Crippen LogP contribution in [0.25, 0.3) is 0 Å². The van der Waals surface area contributed by atoms with Crippen LogP contribution in [0.5, 0.6) is 0 Å². The van der Waals surface area contributed by atoms with Gasteiger partial charge in [0, 0.05) is 31.7 Å². The summed E-state index contributed by atoms with van der Waals surface area (Å²) in [4.78, 5) is 2.65. The summed E-state index contributed by atoms with van der Waals surface area (Å²) in [5, 5.41) is 3.90. The smallest absolute Gasteiger partial charge is 0.0594 e. The first kappa shape index (κ1) is 16.3. The Morgan fingerprint density at radius 1 is 1.20 bits per heavy atom. The molecule has 0 radical (unpaired) electrons. The molecule has 1 N–H and O–H groups in total. The van der Waals surface area contributed by atoms with Crippen molar-refractivity contribution in [1.29, 1.82) is 0 Å². The molecule has 0 spiro atoms. The zero-order valence-corrected chi connectivity index (χ0v) is 13.7. The largest absolute Gasteiger partial charge is 0.379 e. The molecular formula is C17H34N2O. The average Bonchev–Trinajstić information content (AvgIpc) is 2.91. The molecule has 0 amide bonds. The van der Waals surface area contributed by atoms with Crippen LogP contribution < -0.4 is 5.32 Å². The molecule has 1 saturated heterocycles. The van der Waals surface area contributed by atoms with Crippen molar-refractivity contribution in [3.63, 3.8) is 0 Å². The average molecular weight is 282 g/mol. The molecule has 3 unspecified atom stereocenters. The summed E-state index contributed by atoms with van der Waals surface area (Å²) in [6.07, 6.45) is 6.87. The van der Waals surface area contributed by atoms with E-state index < -0.39 is 0 Å². The molecule has 3 atom stereocenters. The van der Waals surface area contributed by atoms with Gasteiger partial charge in [0.15, 0.2) is 0 Å². The third-order valence-corrected chi connectivity index (χ3v) is 5.10. The summed E-state index contributed by atoms with van der Waals surface area (Å²) in [5.74, 6) is 1.69. The van der Waals surface area contributed by atoms with Gasteiger partial charge in [0.05, 0.1) is 13.2 Å². The van der Waals surface area contributed by atoms with E-state index in [1.54, 1.807) is 0 Å². The maximum absolute atomic E-state index is 5.51. The number of hydrogen-bond acceptors (Lipinski definition) is 3. The third kappa shape index (κ3) is 4.71. The number of hydrogen-bond donors (Lipinski definition) is 1. The molecule has 1 aliphatic heterocycles. The molecule has 1 saturated carbocycles. The lowest BCUT2D eigenvalue weighted by molar-refractivity contribution is 0.0115. The summed E-state index contributed by atoms with van der Waals surface area (Å²) in [5.41, 5.74) is 0. The lowest BCUT2D eigenvalue weighted by atomic mass is 9.98. The van der Waals surface area contributed by atoms with E-state index in [-0.39, 0.29) is 0 Å². The monoisotopic (exact) mass is 282 g/mol. The maximum atomic E-state index is 5.51. The molecular weight excluding hydrogens is 248 g/mol. The van der Waals surface area contributed by atoms with E-state index in [0.717, 1.165) is 44.2 Å². The molecule has 0 bridgehead atoms. The Morgan fingerprint density at radius 3 is 2.60 bits per heavy atom. The van der Waals surface area contributed by atoms with E-state index in [1.165, 1.54) is 38.6 Å². The highest BCUT2D eigenvalue weighted by molar-refractivity contribution is 4.85. The van der Waals surface area contributed by atoms with Crippen molar-refractivity contribution >= 4 is 0 Å². The minimum absolute atomic E-state index is 0.692. The minimum Gasteiger partial charge on any atom is -0.379 e. The minimum atomic E-state index is 0.692. The van der Waals surface area contributed by atoms with E-state index >= 15 is 0 Å².